The van der Waals surface area contributed by atoms with Crippen LogP contribution in [0.2, 0.25) is 0 Å². The molecule has 36 heavy (non-hydrogen) atoms. The van der Waals surface area contributed by atoms with Gasteiger partial charge in [-0.15, -0.1) is 0 Å². The van der Waals surface area contributed by atoms with Crippen LogP contribution in [0, 0.1) is 0 Å². The second-order valence-electron chi connectivity index (χ2n) is 8.65. The molecule has 1 atom stereocenters. The molecule has 1 aromatic heterocycles. The maximum absolute atomic E-state index is 13.5. The molecule has 0 aliphatic heterocycles. The Bertz CT molecular complexity index is 1050. The number of aromatic nitrogens is 2. The van der Waals surface area contributed by atoms with Crippen LogP contribution in [-0.4, -0.2) is 50.0 Å². The van der Waals surface area contributed by atoms with Gasteiger partial charge in [-0.05, 0) is 43.5 Å². The molecule has 1 unspecified atom stereocenters. The number of hydrogen-bond acceptors (Lipinski definition) is 5. The number of carbonyl (C=O) groups is 2. The van der Waals surface area contributed by atoms with Gasteiger partial charge in [-0.1, -0.05) is 63.4 Å². The Morgan fingerprint density at radius 1 is 1.08 bits per heavy atom. The maximum Gasteiger partial charge on any atom is 0.290 e. The van der Waals surface area contributed by atoms with Gasteiger partial charge in [-0.25, -0.2) is 0 Å². The van der Waals surface area contributed by atoms with E-state index in [0.29, 0.717) is 18.6 Å². The highest BCUT2D eigenvalue weighted by atomic mass is 16.5. The predicted molar refractivity (Wildman–Crippen MR) is 140 cm³/mol. The third-order valence-corrected chi connectivity index (χ3v) is 6.02. The van der Waals surface area contributed by atoms with Gasteiger partial charge >= 0.3 is 0 Å². The molecule has 3 rings (SSSR count). The van der Waals surface area contributed by atoms with E-state index in [9.17, 15) is 9.90 Å². The zero-order valence-corrected chi connectivity index (χ0v) is 21.3. The van der Waals surface area contributed by atoms with Gasteiger partial charge in [-0.3, -0.25) is 14.7 Å². The Morgan fingerprint density at radius 2 is 1.78 bits per heavy atom. The van der Waals surface area contributed by atoms with Gasteiger partial charge in [-0.2, -0.15) is 5.10 Å². The molecule has 0 spiro atoms. The van der Waals surface area contributed by atoms with Crippen LogP contribution in [0.1, 0.15) is 68.8 Å². The fourth-order valence-electron chi connectivity index (χ4n) is 3.68. The van der Waals surface area contributed by atoms with E-state index in [4.69, 9.17) is 14.6 Å². The summed E-state index contributed by atoms with van der Waals surface area (Å²) < 4.78 is 6.04. The first-order valence-electron chi connectivity index (χ1n) is 12.3. The van der Waals surface area contributed by atoms with Crippen molar-refractivity contribution in [3.8, 4) is 16.9 Å². The van der Waals surface area contributed by atoms with Crippen molar-refractivity contribution in [1.29, 1.82) is 0 Å². The molecule has 8 heteroatoms. The Labute approximate surface area is 212 Å². The number of nitrogens with one attached hydrogen (secondary N) is 1. The second kappa shape index (κ2) is 14.7. The Morgan fingerprint density at radius 3 is 2.39 bits per heavy atom. The van der Waals surface area contributed by atoms with Crippen molar-refractivity contribution in [2.45, 2.75) is 65.1 Å². The Hall–Kier alpha value is -3.65. The Balaban J connectivity index is 0.00000145. The molecule has 0 fully saturated rings. The fraction of sp³-hybridized carbons (Fsp3) is 0.393. The Kier molecular flexibility index (Phi) is 11.7. The van der Waals surface area contributed by atoms with Crippen molar-refractivity contribution in [3.05, 3.63) is 72.1 Å². The van der Waals surface area contributed by atoms with Crippen LogP contribution in [0.3, 0.4) is 0 Å². The molecule has 0 radical (unpaired) electrons. The number of aromatic amines is 1. The number of carbonyl (C=O) groups excluding carboxylic acids is 1. The minimum Gasteiger partial charge on any atom is -0.493 e. The summed E-state index contributed by atoms with van der Waals surface area (Å²) in [5.41, 5.74) is 2.03. The number of rotatable bonds is 12. The van der Waals surface area contributed by atoms with E-state index < -0.39 is 5.72 Å². The highest BCUT2D eigenvalue weighted by molar-refractivity contribution is 5.95. The number of ether oxygens (including phenoxy) is 1. The summed E-state index contributed by atoms with van der Waals surface area (Å²) in [6.07, 6.45) is 8.48. The number of aliphatic hydroxyl groups is 1. The molecule has 0 aliphatic rings. The number of hydrogen-bond donors (Lipinski definition) is 3. The summed E-state index contributed by atoms with van der Waals surface area (Å²) in [5.74, 6) is 0.535. The van der Waals surface area contributed by atoms with Crippen LogP contribution in [0.4, 0.5) is 0 Å². The van der Waals surface area contributed by atoms with Gasteiger partial charge in [0.2, 0.25) is 0 Å². The minimum atomic E-state index is -1.30. The number of para-hydroxylation sites is 1. The van der Waals surface area contributed by atoms with Crippen molar-refractivity contribution < 1.29 is 24.5 Å². The van der Waals surface area contributed by atoms with Crippen molar-refractivity contribution in [3.63, 3.8) is 0 Å². The molecule has 8 nitrogen and oxygen atoms in total. The zero-order chi connectivity index (χ0) is 26.4. The summed E-state index contributed by atoms with van der Waals surface area (Å²) in [5, 5.41) is 24.8. The molecule has 0 bridgehead atoms. The number of nitrogens with zero attached hydrogens (tertiary/aromatic N) is 2. The largest absolute Gasteiger partial charge is 0.493 e. The highest BCUT2D eigenvalue weighted by Gasteiger charge is 2.32. The molecular formula is C28H37N3O5. The van der Waals surface area contributed by atoms with Crippen LogP contribution in [-0.2, 0) is 11.3 Å². The monoisotopic (exact) mass is 495 g/mol. The van der Waals surface area contributed by atoms with Crippen molar-refractivity contribution in [1.82, 2.24) is 15.1 Å². The average Bonchev–Trinajstić information content (AvgIpc) is 3.43. The summed E-state index contributed by atoms with van der Waals surface area (Å²) in [4.78, 5) is 23.4. The topological polar surface area (TPSA) is 116 Å². The number of benzene rings is 2. The summed E-state index contributed by atoms with van der Waals surface area (Å²) in [7, 11) is 0. The summed E-state index contributed by atoms with van der Waals surface area (Å²) in [6, 6.07) is 15.1. The fourth-order valence-corrected chi connectivity index (χ4v) is 3.68. The first-order chi connectivity index (χ1) is 17.4. The molecule has 2 aromatic carbocycles. The standard InChI is InChI=1S/C27H35N3O3.CH2O2/c1-4-6-7-10-17-33-25-12-9-8-11-23(25)20-30(27(3,32)5-2)26(31)22-15-13-21(14-16-22)24-18-28-29-19-24;2-1-3/h8-9,11-16,18-19,32H,4-7,10,17,20H2,1-3H3,(H,28,29);1H,(H,2,3). The predicted octanol–water partition coefficient (Wildman–Crippen LogP) is 5.50. The molecule has 194 valence electrons. The van der Waals surface area contributed by atoms with Crippen molar-refractivity contribution in [2.75, 3.05) is 6.61 Å². The lowest BCUT2D eigenvalue weighted by Crippen LogP contribution is -2.49. The molecule has 3 aromatic rings. The molecule has 1 amide bonds. The van der Waals surface area contributed by atoms with Crippen LogP contribution >= 0.6 is 0 Å². The number of unbranched alkanes of at least 4 members (excludes halogenated alkanes) is 3. The van der Waals surface area contributed by atoms with Gasteiger partial charge in [0.05, 0.1) is 19.3 Å². The quantitative estimate of drug-likeness (QED) is 0.174. The number of H-pyrrole nitrogens is 1. The van der Waals surface area contributed by atoms with Gasteiger partial charge in [0.25, 0.3) is 12.4 Å². The molecular weight excluding hydrogens is 458 g/mol. The summed E-state index contributed by atoms with van der Waals surface area (Å²) >= 11 is 0. The summed E-state index contributed by atoms with van der Waals surface area (Å²) in [6.45, 7) is 6.39. The normalized spacial score (nSPS) is 12.1. The van der Waals surface area contributed by atoms with Gasteiger partial charge < -0.3 is 19.8 Å². The first kappa shape index (κ1) is 28.6. The van der Waals surface area contributed by atoms with Crippen LogP contribution in [0.25, 0.3) is 11.1 Å². The average molecular weight is 496 g/mol. The SMILES string of the molecule is CCCCCCOc1ccccc1CN(C(=O)c1ccc(-c2cn[nH]c2)cc1)C(C)(O)CC.O=CO. The lowest BCUT2D eigenvalue weighted by molar-refractivity contribution is -0.122. The maximum atomic E-state index is 13.5. The lowest BCUT2D eigenvalue weighted by atomic mass is 10.0. The van der Waals surface area contributed by atoms with Gasteiger partial charge in [0, 0.05) is 22.9 Å². The van der Waals surface area contributed by atoms with Crippen LogP contribution < -0.4 is 4.74 Å². The smallest absolute Gasteiger partial charge is 0.290 e. The van der Waals surface area contributed by atoms with Crippen LogP contribution in [0.15, 0.2) is 60.9 Å². The van der Waals surface area contributed by atoms with E-state index in [-0.39, 0.29) is 18.9 Å². The number of carboxylic acid groups (broad SMARTS) is 1. The van der Waals surface area contributed by atoms with Crippen LogP contribution in [0.5, 0.6) is 5.75 Å². The van der Waals surface area contributed by atoms with E-state index in [2.05, 4.69) is 17.1 Å². The highest BCUT2D eigenvalue weighted by Crippen LogP contribution is 2.27. The molecule has 3 N–H and O–H groups in total. The lowest BCUT2D eigenvalue weighted by Gasteiger charge is -2.37. The van der Waals surface area contributed by atoms with E-state index in [1.54, 1.807) is 25.3 Å². The van der Waals surface area contributed by atoms with Gasteiger partial charge in [0.1, 0.15) is 11.5 Å². The molecule has 0 saturated heterocycles. The second-order valence-corrected chi connectivity index (χ2v) is 8.65. The third-order valence-electron chi connectivity index (χ3n) is 6.02. The minimum absolute atomic E-state index is 0.224. The van der Waals surface area contributed by atoms with Crippen molar-refractivity contribution in [2.24, 2.45) is 0 Å². The first-order valence-corrected chi connectivity index (χ1v) is 12.3. The molecule has 0 saturated carbocycles. The zero-order valence-electron chi connectivity index (χ0n) is 21.3. The van der Waals surface area contributed by atoms with E-state index in [1.165, 1.54) is 17.7 Å². The van der Waals surface area contributed by atoms with Crippen molar-refractivity contribution >= 4 is 12.4 Å². The molecule has 1 heterocycles. The van der Waals surface area contributed by atoms with E-state index in [0.717, 1.165) is 35.3 Å². The van der Waals surface area contributed by atoms with E-state index in [1.807, 2.05) is 49.5 Å². The van der Waals surface area contributed by atoms with E-state index >= 15 is 0 Å². The molecule has 0 aliphatic carbocycles. The van der Waals surface area contributed by atoms with Gasteiger partial charge in [0.15, 0.2) is 0 Å². The third kappa shape index (κ3) is 8.23. The number of amides is 1.